The fourth-order valence-electron chi connectivity index (χ4n) is 2.63. The number of hydrogen-bond acceptors (Lipinski definition) is 3. The molecule has 0 fully saturated rings. The number of rotatable bonds is 5. The Morgan fingerprint density at radius 1 is 1.00 bits per heavy atom. The molecule has 0 unspecified atom stereocenters. The number of anilines is 2. The monoisotopic (exact) mass is 297 g/mol. The second-order valence-corrected chi connectivity index (χ2v) is 6.27. The highest BCUT2D eigenvalue weighted by atomic mass is 32.2. The number of fused-ring (bicyclic) bond motifs is 2. The molecule has 2 nitrogen and oxygen atoms in total. The van der Waals surface area contributed by atoms with Gasteiger partial charge in [-0.05, 0) is 30.7 Å². The van der Waals surface area contributed by atoms with E-state index in [1.807, 2.05) is 18.7 Å². The number of carbonyl (C=O) groups excluding carboxylic acids is 1. The third-order valence-corrected chi connectivity index (χ3v) is 4.89. The second-order valence-electron chi connectivity index (χ2n) is 5.18. The summed E-state index contributed by atoms with van der Waals surface area (Å²) in [6.45, 7) is 2.82. The van der Waals surface area contributed by atoms with Gasteiger partial charge in [-0.25, -0.2) is 0 Å². The molecular formula is C18H19NOS. The van der Waals surface area contributed by atoms with Crippen molar-refractivity contribution in [2.75, 3.05) is 11.4 Å². The van der Waals surface area contributed by atoms with Crippen molar-refractivity contribution in [1.29, 1.82) is 0 Å². The zero-order valence-electron chi connectivity index (χ0n) is 12.2. The Bertz CT molecular complexity index is 608. The van der Waals surface area contributed by atoms with Crippen molar-refractivity contribution in [3.63, 3.8) is 0 Å². The standard InChI is InChI=1S/C18H19NOS/c1-2-14(20)8-7-13-19-15-9-3-5-11-17(15)21-18-12-6-4-10-16(18)19/h3-6,9-12H,2,7-8,13H2,1H3. The molecule has 1 heterocycles. The number of para-hydroxylation sites is 2. The van der Waals surface area contributed by atoms with Gasteiger partial charge in [-0.2, -0.15) is 0 Å². The Morgan fingerprint density at radius 2 is 1.57 bits per heavy atom. The van der Waals surface area contributed by atoms with E-state index in [1.165, 1.54) is 21.2 Å². The Balaban J connectivity index is 1.86. The zero-order valence-corrected chi connectivity index (χ0v) is 13.0. The van der Waals surface area contributed by atoms with E-state index in [0.717, 1.165) is 13.0 Å². The van der Waals surface area contributed by atoms with Crippen molar-refractivity contribution in [3.8, 4) is 0 Å². The molecule has 0 aliphatic carbocycles. The van der Waals surface area contributed by atoms with Gasteiger partial charge in [0.05, 0.1) is 11.4 Å². The third-order valence-electron chi connectivity index (χ3n) is 3.76. The minimum Gasteiger partial charge on any atom is -0.340 e. The van der Waals surface area contributed by atoms with E-state index in [2.05, 4.69) is 53.4 Å². The Kier molecular flexibility index (Phi) is 4.30. The van der Waals surface area contributed by atoms with Crippen molar-refractivity contribution < 1.29 is 4.79 Å². The first kappa shape index (κ1) is 14.2. The molecule has 0 atom stereocenters. The Labute approximate surface area is 130 Å². The lowest BCUT2D eigenvalue weighted by Crippen LogP contribution is -2.22. The summed E-state index contributed by atoms with van der Waals surface area (Å²) in [6, 6.07) is 17.0. The van der Waals surface area contributed by atoms with Gasteiger partial charge in [0, 0.05) is 29.2 Å². The van der Waals surface area contributed by atoms with Crippen molar-refractivity contribution in [1.82, 2.24) is 0 Å². The molecule has 0 radical (unpaired) electrons. The minimum absolute atomic E-state index is 0.350. The summed E-state index contributed by atoms with van der Waals surface area (Å²) >= 11 is 1.82. The first-order valence-corrected chi connectivity index (χ1v) is 8.26. The Hall–Kier alpha value is -1.74. The van der Waals surface area contributed by atoms with E-state index in [1.54, 1.807) is 0 Å². The van der Waals surface area contributed by atoms with Gasteiger partial charge in [0.25, 0.3) is 0 Å². The predicted octanol–water partition coefficient (Wildman–Crippen LogP) is 5.05. The van der Waals surface area contributed by atoms with E-state index >= 15 is 0 Å². The first-order chi connectivity index (χ1) is 10.3. The van der Waals surface area contributed by atoms with Crippen LogP contribution >= 0.6 is 11.8 Å². The summed E-state index contributed by atoms with van der Waals surface area (Å²) in [4.78, 5) is 16.5. The van der Waals surface area contributed by atoms with Crippen molar-refractivity contribution in [2.24, 2.45) is 0 Å². The van der Waals surface area contributed by atoms with E-state index in [0.29, 0.717) is 18.6 Å². The zero-order chi connectivity index (χ0) is 14.7. The molecule has 3 heteroatoms. The van der Waals surface area contributed by atoms with Crippen LogP contribution in [0.15, 0.2) is 58.3 Å². The average Bonchev–Trinajstić information content (AvgIpc) is 2.54. The van der Waals surface area contributed by atoms with Gasteiger partial charge in [-0.1, -0.05) is 43.0 Å². The van der Waals surface area contributed by atoms with Crippen LogP contribution in [0.4, 0.5) is 11.4 Å². The lowest BCUT2D eigenvalue weighted by atomic mass is 10.1. The summed E-state index contributed by atoms with van der Waals surface area (Å²) in [7, 11) is 0. The smallest absolute Gasteiger partial charge is 0.132 e. The molecule has 108 valence electrons. The van der Waals surface area contributed by atoms with Crippen LogP contribution in [0.5, 0.6) is 0 Å². The van der Waals surface area contributed by atoms with Crippen molar-refractivity contribution >= 4 is 28.9 Å². The number of nitrogens with zero attached hydrogens (tertiary/aromatic N) is 1. The van der Waals surface area contributed by atoms with Gasteiger partial charge in [0.15, 0.2) is 0 Å². The van der Waals surface area contributed by atoms with Crippen molar-refractivity contribution in [3.05, 3.63) is 48.5 Å². The summed E-state index contributed by atoms with van der Waals surface area (Å²) in [5, 5.41) is 0. The largest absolute Gasteiger partial charge is 0.340 e. The molecule has 1 aliphatic heterocycles. The fourth-order valence-corrected chi connectivity index (χ4v) is 3.73. The van der Waals surface area contributed by atoms with Crippen LogP contribution in [0, 0.1) is 0 Å². The number of hydrogen-bond donors (Lipinski definition) is 0. The highest BCUT2D eigenvalue weighted by molar-refractivity contribution is 7.99. The normalized spacial score (nSPS) is 12.7. The number of Topliss-reactive ketones (excluding diaryl/α,β-unsaturated/α-hetero) is 1. The van der Waals surface area contributed by atoms with Gasteiger partial charge >= 0.3 is 0 Å². The fraction of sp³-hybridized carbons (Fsp3) is 0.278. The van der Waals surface area contributed by atoms with Gasteiger partial charge in [0.2, 0.25) is 0 Å². The van der Waals surface area contributed by atoms with Crippen LogP contribution in [0.2, 0.25) is 0 Å². The maximum Gasteiger partial charge on any atom is 0.132 e. The highest BCUT2D eigenvalue weighted by Crippen LogP contribution is 2.47. The molecule has 0 amide bonds. The summed E-state index contributed by atoms with van der Waals surface area (Å²) in [6.07, 6.45) is 2.22. The third kappa shape index (κ3) is 2.98. The molecule has 21 heavy (non-hydrogen) atoms. The summed E-state index contributed by atoms with van der Waals surface area (Å²) < 4.78 is 0. The molecule has 0 N–H and O–H groups in total. The van der Waals surface area contributed by atoms with Crippen LogP contribution in [0.1, 0.15) is 26.2 Å². The molecule has 0 saturated carbocycles. The SMILES string of the molecule is CCC(=O)CCCN1c2ccccc2Sc2ccccc21. The average molecular weight is 297 g/mol. The van der Waals surface area contributed by atoms with E-state index in [4.69, 9.17) is 0 Å². The van der Waals surface area contributed by atoms with Gasteiger partial charge in [-0.15, -0.1) is 0 Å². The quantitative estimate of drug-likeness (QED) is 0.770. The molecule has 0 spiro atoms. The number of benzene rings is 2. The van der Waals surface area contributed by atoms with Gasteiger partial charge in [-0.3, -0.25) is 4.79 Å². The second kappa shape index (κ2) is 6.35. The van der Waals surface area contributed by atoms with Crippen LogP contribution in [-0.2, 0) is 4.79 Å². The van der Waals surface area contributed by atoms with E-state index in [9.17, 15) is 4.79 Å². The van der Waals surface area contributed by atoms with Gasteiger partial charge in [0.1, 0.15) is 5.78 Å². The lowest BCUT2D eigenvalue weighted by Gasteiger charge is -2.32. The highest BCUT2D eigenvalue weighted by Gasteiger charge is 2.22. The molecule has 3 rings (SSSR count). The maximum absolute atomic E-state index is 11.5. The van der Waals surface area contributed by atoms with Crippen LogP contribution in [0.25, 0.3) is 0 Å². The van der Waals surface area contributed by atoms with Gasteiger partial charge < -0.3 is 4.90 Å². The Morgan fingerprint density at radius 3 is 2.14 bits per heavy atom. The number of ketones is 1. The lowest BCUT2D eigenvalue weighted by molar-refractivity contribution is -0.118. The molecule has 0 aromatic heterocycles. The molecular weight excluding hydrogens is 278 g/mol. The minimum atomic E-state index is 0.350. The van der Waals surface area contributed by atoms with E-state index in [-0.39, 0.29) is 0 Å². The van der Waals surface area contributed by atoms with Crippen LogP contribution in [-0.4, -0.2) is 12.3 Å². The maximum atomic E-state index is 11.5. The molecule has 2 aromatic carbocycles. The molecule has 1 aliphatic rings. The molecule has 0 saturated heterocycles. The van der Waals surface area contributed by atoms with Crippen LogP contribution < -0.4 is 4.90 Å². The number of carbonyl (C=O) groups is 1. The molecule has 0 bridgehead atoms. The molecule has 2 aromatic rings. The van der Waals surface area contributed by atoms with Crippen LogP contribution in [0.3, 0.4) is 0 Å². The van der Waals surface area contributed by atoms with Crippen molar-refractivity contribution in [2.45, 2.75) is 36.0 Å². The topological polar surface area (TPSA) is 20.3 Å². The summed E-state index contributed by atoms with van der Waals surface area (Å²) in [5.41, 5.74) is 2.51. The van der Waals surface area contributed by atoms with E-state index < -0.39 is 0 Å². The predicted molar refractivity (Wildman–Crippen MR) is 88.5 cm³/mol. The summed E-state index contributed by atoms with van der Waals surface area (Å²) in [5.74, 6) is 0.350. The first-order valence-electron chi connectivity index (χ1n) is 7.44.